The Morgan fingerprint density at radius 2 is 1.93 bits per heavy atom. The number of rotatable bonds is 4. The quantitative estimate of drug-likeness (QED) is 0.787. The molecule has 2 amide bonds. The van der Waals surface area contributed by atoms with Crippen LogP contribution in [0, 0.1) is 19.8 Å². The van der Waals surface area contributed by atoms with Gasteiger partial charge in [0.15, 0.2) is 0 Å². The van der Waals surface area contributed by atoms with Crippen LogP contribution < -0.4 is 15.5 Å². The van der Waals surface area contributed by atoms with E-state index in [1.165, 1.54) is 0 Å². The molecule has 2 N–H and O–H groups in total. The number of carbonyl (C=O) groups excluding carboxylic acids is 2. The van der Waals surface area contributed by atoms with Crippen LogP contribution in [0.4, 0.5) is 17.5 Å². The Kier molecular flexibility index (Phi) is 5.78. The highest BCUT2D eigenvalue weighted by Crippen LogP contribution is 2.22. The van der Waals surface area contributed by atoms with Gasteiger partial charge in [-0.3, -0.25) is 9.59 Å². The van der Waals surface area contributed by atoms with Crippen LogP contribution in [0.2, 0.25) is 0 Å². The summed E-state index contributed by atoms with van der Waals surface area (Å²) in [6, 6.07) is 5.84. The highest BCUT2D eigenvalue weighted by atomic mass is 16.2. The van der Waals surface area contributed by atoms with Crippen molar-refractivity contribution in [2.45, 2.75) is 26.7 Å². The first-order valence-electron chi connectivity index (χ1n) is 10.3. The molecular weight excluding hydrogens is 382 g/mol. The van der Waals surface area contributed by atoms with Crippen LogP contribution in [-0.4, -0.2) is 64.4 Å². The molecule has 1 unspecified atom stereocenters. The van der Waals surface area contributed by atoms with Gasteiger partial charge in [0.25, 0.3) is 0 Å². The third-order valence-corrected chi connectivity index (χ3v) is 5.53. The van der Waals surface area contributed by atoms with Crippen LogP contribution in [0.1, 0.15) is 24.2 Å². The number of carbonyl (C=O) groups is 2. The number of nitrogens with one attached hydrogen (secondary N) is 2. The molecule has 4 rings (SSSR count). The zero-order valence-corrected chi connectivity index (χ0v) is 17.4. The number of aromatic nitrogens is 3. The Hall–Kier alpha value is -3.23. The van der Waals surface area contributed by atoms with Crippen LogP contribution in [-0.2, 0) is 9.59 Å². The van der Waals surface area contributed by atoms with Gasteiger partial charge < -0.3 is 20.4 Å². The van der Waals surface area contributed by atoms with Crippen LogP contribution >= 0.6 is 0 Å². The highest BCUT2D eigenvalue weighted by molar-refractivity contribution is 5.84. The summed E-state index contributed by atoms with van der Waals surface area (Å²) in [6.07, 6.45) is 2.83. The van der Waals surface area contributed by atoms with E-state index >= 15 is 0 Å². The van der Waals surface area contributed by atoms with Crippen molar-refractivity contribution in [3.63, 3.8) is 0 Å². The molecule has 2 aliphatic heterocycles. The van der Waals surface area contributed by atoms with E-state index in [4.69, 9.17) is 0 Å². The second-order valence-electron chi connectivity index (χ2n) is 7.85. The minimum Gasteiger partial charge on any atom is -0.355 e. The van der Waals surface area contributed by atoms with Crippen LogP contribution in [0.15, 0.2) is 24.4 Å². The minimum absolute atomic E-state index is 0.0354. The van der Waals surface area contributed by atoms with E-state index in [1.54, 1.807) is 6.20 Å². The van der Waals surface area contributed by atoms with E-state index in [-0.39, 0.29) is 17.7 Å². The Morgan fingerprint density at radius 3 is 2.63 bits per heavy atom. The second kappa shape index (κ2) is 8.64. The lowest BCUT2D eigenvalue weighted by molar-refractivity contribution is -0.137. The smallest absolute Gasteiger partial charge is 0.227 e. The summed E-state index contributed by atoms with van der Waals surface area (Å²) in [4.78, 5) is 41.6. The molecule has 2 aromatic rings. The summed E-state index contributed by atoms with van der Waals surface area (Å²) in [5.41, 5.74) is 1.12. The fraction of sp³-hybridized carbons (Fsp3) is 0.476. The molecule has 0 radical (unpaired) electrons. The zero-order valence-electron chi connectivity index (χ0n) is 17.4. The van der Waals surface area contributed by atoms with Gasteiger partial charge in [-0.25, -0.2) is 15.0 Å². The Bertz CT molecular complexity index is 931. The summed E-state index contributed by atoms with van der Waals surface area (Å²) in [5, 5.41) is 6.05. The van der Waals surface area contributed by atoms with E-state index in [2.05, 4.69) is 30.5 Å². The summed E-state index contributed by atoms with van der Waals surface area (Å²) in [6.45, 7) is 7.06. The topological polar surface area (TPSA) is 103 Å². The fourth-order valence-electron chi connectivity index (χ4n) is 3.87. The molecule has 2 aliphatic rings. The van der Waals surface area contributed by atoms with Gasteiger partial charge in [-0.05, 0) is 38.0 Å². The Morgan fingerprint density at radius 1 is 1.13 bits per heavy atom. The minimum atomic E-state index is -0.104. The summed E-state index contributed by atoms with van der Waals surface area (Å²) < 4.78 is 0. The number of piperazine rings is 1. The van der Waals surface area contributed by atoms with Gasteiger partial charge in [0.1, 0.15) is 23.3 Å². The average Bonchev–Trinajstić information content (AvgIpc) is 2.73. The molecule has 0 aromatic carbocycles. The lowest BCUT2D eigenvalue weighted by Crippen LogP contribution is -2.52. The molecular formula is C21H27N7O2. The van der Waals surface area contributed by atoms with Gasteiger partial charge in [0, 0.05) is 51.4 Å². The second-order valence-corrected chi connectivity index (χ2v) is 7.85. The third kappa shape index (κ3) is 4.67. The molecule has 158 valence electrons. The lowest BCUT2D eigenvalue weighted by Gasteiger charge is -2.37. The predicted molar refractivity (Wildman–Crippen MR) is 114 cm³/mol. The van der Waals surface area contributed by atoms with E-state index < -0.39 is 0 Å². The van der Waals surface area contributed by atoms with Crippen LogP contribution in [0.5, 0.6) is 0 Å². The Labute approximate surface area is 175 Å². The normalized spacial score (nSPS) is 19.4. The average molecular weight is 409 g/mol. The summed E-state index contributed by atoms with van der Waals surface area (Å²) >= 11 is 0. The van der Waals surface area contributed by atoms with Gasteiger partial charge in [-0.1, -0.05) is 0 Å². The van der Waals surface area contributed by atoms with Crippen molar-refractivity contribution in [3.8, 4) is 0 Å². The van der Waals surface area contributed by atoms with Gasteiger partial charge in [0.2, 0.25) is 11.8 Å². The summed E-state index contributed by atoms with van der Waals surface area (Å²) in [5.74, 6) is 3.04. The summed E-state index contributed by atoms with van der Waals surface area (Å²) in [7, 11) is 0. The Balaban J connectivity index is 1.39. The first-order valence-corrected chi connectivity index (χ1v) is 10.3. The zero-order chi connectivity index (χ0) is 21.1. The van der Waals surface area contributed by atoms with Gasteiger partial charge in [0.05, 0.1) is 5.92 Å². The SMILES string of the molecule is Cc1ccnc(Nc2cc(N3CCN(C(=O)C4CCC(=O)NC4)CC3)nc(C)n2)c1. The monoisotopic (exact) mass is 409 g/mol. The van der Waals surface area contributed by atoms with Crippen molar-refractivity contribution >= 4 is 29.3 Å². The molecule has 30 heavy (non-hydrogen) atoms. The van der Waals surface area contributed by atoms with E-state index in [0.29, 0.717) is 57.2 Å². The maximum Gasteiger partial charge on any atom is 0.227 e. The number of aryl methyl sites for hydroxylation is 2. The van der Waals surface area contributed by atoms with Gasteiger partial charge >= 0.3 is 0 Å². The van der Waals surface area contributed by atoms with Gasteiger partial charge in [-0.15, -0.1) is 0 Å². The maximum absolute atomic E-state index is 12.8. The number of amides is 2. The number of nitrogens with zero attached hydrogens (tertiary/aromatic N) is 5. The molecule has 0 spiro atoms. The first kappa shape index (κ1) is 20.1. The van der Waals surface area contributed by atoms with E-state index in [0.717, 1.165) is 17.2 Å². The van der Waals surface area contributed by atoms with Crippen LogP contribution in [0.3, 0.4) is 0 Å². The molecule has 2 fully saturated rings. The molecule has 0 aliphatic carbocycles. The first-order chi connectivity index (χ1) is 14.5. The third-order valence-electron chi connectivity index (χ3n) is 5.53. The lowest BCUT2D eigenvalue weighted by atomic mass is 9.97. The van der Waals surface area contributed by atoms with Crippen molar-refractivity contribution in [2.24, 2.45) is 5.92 Å². The number of piperidine rings is 1. The number of hydrogen-bond acceptors (Lipinski definition) is 7. The van der Waals surface area contributed by atoms with Crippen molar-refractivity contribution in [2.75, 3.05) is 42.9 Å². The van der Waals surface area contributed by atoms with Crippen molar-refractivity contribution in [3.05, 3.63) is 35.8 Å². The molecule has 9 heteroatoms. The largest absolute Gasteiger partial charge is 0.355 e. The van der Waals surface area contributed by atoms with Crippen molar-refractivity contribution in [1.29, 1.82) is 0 Å². The maximum atomic E-state index is 12.8. The molecule has 1 atom stereocenters. The standard InChI is InChI=1S/C21H27N7O2/c1-14-5-6-22-17(11-14)26-18-12-19(25-15(2)24-18)27-7-9-28(10-8-27)21(30)16-3-4-20(29)23-13-16/h5-6,11-12,16H,3-4,7-10,13H2,1-2H3,(H,23,29)(H,22,24,25,26). The number of pyridine rings is 1. The van der Waals surface area contributed by atoms with Crippen molar-refractivity contribution < 1.29 is 9.59 Å². The van der Waals surface area contributed by atoms with Crippen molar-refractivity contribution in [1.82, 2.24) is 25.2 Å². The molecule has 0 saturated carbocycles. The molecule has 4 heterocycles. The highest BCUT2D eigenvalue weighted by Gasteiger charge is 2.30. The molecule has 2 aromatic heterocycles. The van der Waals surface area contributed by atoms with E-state index in [9.17, 15) is 9.59 Å². The van der Waals surface area contributed by atoms with Gasteiger partial charge in [-0.2, -0.15) is 0 Å². The molecule has 2 saturated heterocycles. The molecule has 9 nitrogen and oxygen atoms in total. The number of anilines is 3. The fourth-order valence-corrected chi connectivity index (χ4v) is 3.87. The van der Waals surface area contributed by atoms with Crippen LogP contribution in [0.25, 0.3) is 0 Å². The van der Waals surface area contributed by atoms with E-state index in [1.807, 2.05) is 36.9 Å². The predicted octanol–water partition coefficient (Wildman–Crippen LogP) is 1.41. The molecule has 0 bridgehead atoms. The number of hydrogen-bond donors (Lipinski definition) is 2.